The normalized spacial score (nSPS) is 10.4. The second-order valence-electron chi connectivity index (χ2n) is 6.06. The fourth-order valence-electron chi connectivity index (χ4n) is 2.66. The molecule has 0 radical (unpaired) electrons. The van der Waals surface area contributed by atoms with Crippen molar-refractivity contribution in [2.45, 2.75) is 13.3 Å². The Bertz CT molecular complexity index is 1010. The highest BCUT2D eigenvalue weighted by molar-refractivity contribution is 7.15. The molecule has 28 heavy (non-hydrogen) atoms. The van der Waals surface area contributed by atoms with Crippen LogP contribution in [0.2, 0.25) is 0 Å². The van der Waals surface area contributed by atoms with Crippen LogP contribution in [0, 0.1) is 6.92 Å². The molecule has 0 spiro atoms. The lowest BCUT2D eigenvalue weighted by molar-refractivity contribution is -0.115. The van der Waals surface area contributed by atoms with E-state index in [1.54, 1.807) is 31.4 Å². The van der Waals surface area contributed by atoms with Crippen LogP contribution >= 0.6 is 11.3 Å². The average Bonchev–Trinajstić information content (AvgIpc) is 3.07. The summed E-state index contributed by atoms with van der Waals surface area (Å²) in [6.45, 7) is 1.89. The van der Waals surface area contributed by atoms with Crippen LogP contribution in [0.4, 0.5) is 5.69 Å². The van der Waals surface area contributed by atoms with E-state index in [4.69, 9.17) is 9.47 Å². The molecule has 1 N–H and O–H groups in total. The Morgan fingerprint density at radius 2 is 1.89 bits per heavy atom. The number of carbonyl (C=O) groups excluding carboxylic acids is 2. The van der Waals surface area contributed by atoms with Crippen molar-refractivity contribution >= 4 is 28.9 Å². The number of benzene rings is 2. The van der Waals surface area contributed by atoms with Gasteiger partial charge in [-0.05, 0) is 37.3 Å². The van der Waals surface area contributed by atoms with Crippen LogP contribution in [-0.2, 0) is 16.0 Å². The maximum atomic E-state index is 12.5. The summed E-state index contributed by atoms with van der Waals surface area (Å²) in [7, 11) is 2.94. The van der Waals surface area contributed by atoms with E-state index in [0.29, 0.717) is 11.3 Å². The van der Waals surface area contributed by atoms with Crippen LogP contribution in [0.1, 0.15) is 20.9 Å². The minimum Gasteiger partial charge on any atom is -0.497 e. The van der Waals surface area contributed by atoms with Gasteiger partial charge in [0.15, 0.2) is 0 Å². The maximum Gasteiger partial charge on any atom is 0.337 e. The number of methoxy groups -OCH3 is 2. The lowest BCUT2D eigenvalue weighted by atomic mass is 10.2. The number of hydrogen-bond acceptors (Lipinski definition) is 6. The summed E-state index contributed by atoms with van der Waals surface area (Å²) in [4.78, 5) is 29.6. The van der Waals surface area contributed by atoms with Crippen molar-refractivity contribution in [3.05, 3.63) is 64.7 Å². The number of nitrogens with one attached hydrogen (secondary N) is 1. The summed E-state index contributed by atoms with van der Waals surface area (Å²) in [6.07, 6.45) is 0.204. The van der Waals surface area contributed by atoms with Crippen LogP contribution in [-0.4, -0.2) is 31.1 Å². The number of rotatable bonds is 6. The summed E-state index contributed by atoms with van der Waals surface area (Å²) in [5.74, 6) is 0.137. The Kier molecular flexibility index (Phi) is 6.06. The van der Waals surface area contributed by atoms with E-state index in [-0.39, 0.29) is 12.3 Å². The summed E-state index contributed by atoms with van der Waals surface area (Å²) >= 11 is 1.48. The molecule has 1 heterocycles. The molecule has 6 nitrogen and oxygen atoms in total. The second-order valence-corrected chi connectivity index (χ2v) is 7.14. The Morgan fingerprint density at radius 1 is 1.11 bits per heavy atom. The molecule has 3 aromatic rings. The zero-order valence-electron chi connectivity index (χ0n) is 15.8. The lowest BCUT2D eigenvalue weighted by Crippen LogP contribution is -2.14. The summed E-state index contributed by atoms with van der Waals surface area (Å²) < 4.78 is 9.96. The topological polar surface area (TPSA) is 77.5 Å². The number of carbonyl (C=O) groups is 2. The first kappa shape index (κ1) is 19.6. The SMILES string of the molecule is COC(=O)c1cccc(NC(=O)Cc2sc(-c3cccc(OC)c3)nc2C)c1. The Hall–Kier alpha value is -3.19. The van der Waals surface area contributed by atoms with Gasteiger partial charge in [0.05, 0.1) is 31.9 Å². The first-order chi connectivity index (χ1) is 13.5. The molecule has 144 valence electrons. The van der Waals surface area contributed by atoms with Gasteiger partial charge in [-0.2, -0.15) is 0 Å². The maximum absolute atomic E-state index is 12.5. The number of aryl methyl sites for hydroxylation is 1. The molecular formula is C21H20N2O4S. The molecule has 0 unspecified atom stereocenters. The molecule has 1 aromatic heterocycles. The van der Waals surface area contributed by atoms with Gasteiger partial charge >= 0.3 is 5.97 Å². The van der Waals surface area contributed by atoms with Gasteiger partial charge in [-0.15, -0.1) is 11.3 Å². The van der Waals surface area contributed by atoms with E-state index in [2.05, 4.69) is 10.3 Å². The largest absolute Gasteiger partial charge is 0.497 e. The highest BCUT2D eigenvalue weighted by Crippen LogP contribution is 2.30. The van der Waals surface area contributed by atoms with E-state index in [0.717, 1.165) is 26.9 Å². The highest BCUT2D eigenvalue weighted by Gasteiger charge is 2.14. The molecule has 3 rings (SSSR count). The summed E-state index contributed by atoms with van der Waals surface area (Å²) in [5.41, 5.74) is 2.70. The first-order valence-corrected chi connectivity index (χ1v) is 9.40. The van der Waals surface area contributed by atoms with E-state index < -0.39 is 5.97 Å². The molecule has 2 aromatic carbocycles. The van der Waals surface area contributed by atoms with Gasteiger partial charge < -0.3 is 14.8 Å². The van der Waals surface area contributed by atoms with Gasteiger partial charge in [-0.1, -0.05) is 18.2 Å². The number of esters is 1. The number of aromatic nitrogens is 1. The predicted molar refractivity (Wildman–Crippen MR) is 109 cm³/mol. The third-order valence-corrected chi connectivity index (χ3v) is 5.30. The first-order valence-electron chi connectivity index (χ1n) is 8.59. The van der Waals surface area contributed by atoms with Crippen molar-refractivity contribution in [2.24, 2.45) is 0 Å². The van der Waals surface area contributed by atoms with Gasteiger partial charge in [0.1, 0.15) is 10.8 Å². The Labute approximate surface area is 167 Å². The molecule has 0 aliphatic carbocycles. The van der Waals surface area contributed by atoms with E-state index in [1.165, 1.54) is 18.4 Å². The fourth-order valence-corrected chi connectivity index (χ4v) is 3.72. The van der Waals surface area contributed by atoms with Gasteiger partial charge in [-0.25, -0.2) is 9.78 Å². The van der Waals surface area contributed by atoms with Crippen molar-refractivity contribution in [1.82, 2.24) is 4.98 Å². The number of anilines is 1. The minimum absolute atomic E-state index is 0.175. The minimum atomic E-state index is -0.447. The predicted octanol–water partition coefficient (Wildman–Crippen LogP) is 4.09. The molecule has 0 bridgehead atoms. The molecule has 0 atom stereocenters. The number of ether oxygens (including phenoxy) is 2. The molecule has 0 saturated carbocycles. The monoisotopic (exact) mass is 396 g/mol. The van der Waals surface area contributed by atoms with Crippen molar-refractivity contribution < 1.29 is 19.1 Å². The molecule has 0 saturated heterocycles. The van der Waals surface area contributed by atoms with Crippen molar-refractivity contribution in [2.75, 3.05) is 19.5 Å². The van der Waals surface area contributed by atoms with Crippen molar-refractivity contribution in [3.8, 4) is 16.3 Å². The van der Waals surface area contributed by atoms with Crippen LogP contribution < -0.4 is 10.1 Å². The second kappa shape index (κ2) is 8.67. The van der Waals surface area contributed by atoms with Crippen molar-refractivity contribution in [3.63, 3.8) is 0 Å². The van der Waals surface area contributed by atoms with Crippen LogP contribution in [0.25, 0.3) is 10.6 Å². The zero-order valence-corrected chi connectivity index (χ0v) is 16.6. The van der Waals surface area contributed by atoms with Crippen LogP contribution in [0.15, 0.2) is 48.5 Å². The molecule has 0 fully saturated rings. The van der Waals surface area contributed by atoms with Crippen LogP contribution in [0.3, 0.4) is 0 Å². The standard InChI is InChI=1S/C21H20N2O4S/c1-13-18(28-20(22-13)14-6-5-9-17(11-14)26-2)12-19(24)23-16-8-4-7-15(10-16)21(25)27-3/h4-11H,12H2,1-3H3,(H,23,24). The van der Waals surface area contributed by atoms with Crippen molar-refractivity contribution in [1.29, 1.82) is 0 Å². The Balaban J connectivity index is 1.73. The average molecular weight is 396 g/mol. The molecule has 0 aliphatic rings. The van der Waals surface area contributed by atoms with Gasteiger partial charge in [-0.3, -0.25) is 4.79 Å². The van der Waals surface area contributed by atoms with Crippen LogP contribution in [0.5, 0.6) is 5.75 Å². The number of hydrogen-bond donors (Lipinski definition) is 1. The highest BCUT2D eigenvalue weighted by atomic mass is 32.1. The smallest absolute Gasteiger partial charge is 0.337 e. The number of nitrogens with zero attached hydrogens (tertiary/aromatic N) is 1. The Morgan fingerprint density at radius 3 is 2.64 bits per heavy atom. The molecule has 7 heteroatoms. The lowest BCUT2D eigenvalue weighted by Gasteiger charge is -2.06. The third-order valence-electron chi connectivity index (χ3n) is 4.10. The summed E-state index contributed by atoms with van der Waals surface area (Å²) in [6, 6.07) is 14.3. The number of amides is 1. The van der Waals surface area contributed by atoms with E-state index in [1.807, 2.05) is 31.2 Å². The summed E-state index contributed by atoms with van der Waals surface area (Å²) in [5, 5.41) is 3.66. The van der Waals surface area contributed by atoms with Gasteiger partial charge in [0.25, 0.3) is 0 Å². The molecule has 1 amide bonds. The number of thiazole rings is 1. The molecule has 0 aliphatic heterocycles. The quantitative estimate of drug-likeness (QED) is 0.635. The van der Waals surface area contributed by atoms with E-state index >= 15 is 0 Å². The van der Waals surface area contributed by atoms with E-state index in [9.17, 15) is 9.59 Å². The van der Waals surface area contributed by atoms with Gasteiger partial charge in [0.2, 0.25) is 5.91 Å². The van der Waals surface area contributed by atoms with Gasteiger partial charge in [0, 0.05) is 16.1 Å². The molecular weight excluding hydrogens is 376 g/mol. The fraction of sp³-hybridized carbons (Fsp3) is 0.190. The zero-order chi connectivity index (χ0) is 20.1. The third kappa shape index (κ3) is 4.55.